The van der Waals surface area contributed by atoms with E-state index in [1.807, 2.05) is 37.3 Å². The van der Waals surface area contributed by atoms with E-state index in [9.17, 15) is 4.79 Å². The molecule has 1 amide bonds. The third-order valence-corrected chi connectivity index (χ3v) is 5.53. The lowest BCUT2D eigenvalue weighted by Gasteiger charge is -2.19. The van der Waals surface area contributed by atoms with Crippen molar-refractivity contribution in [3.8, 4) is 5.75 Å². The fraction of sp³-hybridized carbons (Fsp3) is 0.182. The van der Waals surface area contributed by atoms with E-state index >= 15 is 0 Å². The van der Waals surface area contributed by atoms with E-state index in [1.165, 1.54) is 16.9 Å². The molecule has 0 aliphatic carbocycles. The van der Waals surface area contributed by atoms with E-state index in [2.05, 4.69) is 31.2 Å². The van der Waals surface area contributed by atoms with Crippen molar-refractivity contribution < 1.29 is 9.53 Å². The summed E-state index contributed by atoms with van der Waals surface area (Å²) in [5.41, 5.74) is 2.89. The number of aryl methyl sites for hydroxylation is 1. The van der Waals surface area contributed by atoms with Crippen LogP contribution in [-0.4, -0.2) is 24.5 Å². The van der Waals surface area contributed by atoms with Crippen molar-refractivity contribution in [2.75, 3.05) is 18.6 Å². The average Bonchev–Trinajstić information content (AvgIpc) is 3.08. The Morgan fingerprint density at radius 2 is 1.93 bits per heavy atom. The first-order chi connectivity index (χ1) is 13.1. The molecule has 136 valence electrons. The predicted octanol–water partition coefficient (Wildman–Crippen LogP) is 5.43. The van der Waals surface area contributed by atoms with Gasteiger partial charge in [0, 0.05) is 17.8 Å². The first-order valence-electron chi connectivity index (χ1n) is 8.87. The van der Waals surface area contributed by atoms with Crippen LogP contribution in [0.15, 0.2) is 54.6 Å². The minimum Gasteiger partial charge on any atom is -0.492 e. The summed E-state index contributed by atoms with van der Waals surface area (Å²) in [6.07, 6.45) is 0. The maximum absolute atomic E-state index is 13.1. The van der Waals surface area contributed by atoms with Crippen molar-refractivity contribution in [2.24, 2.45) is 0 Å². The number of para-hydroxylation sites is 2. The third kappa shape index (κ3) is 3.26. The number of thiophene rings is 1. The van der Waals surface area contributed by atoms with Crippen molar-refractivity contribution in [1.82, 2.24) is 4.98 Å². The van der Waals surface area contributed by atoms with Crippen molar-refractivity contribution in [3.63, 3.8) is 0 Å². The normalized spacial score (nSPS) is 11.1. The number of benzene rings is 2. The van der Waals surface area contributed by atoms with Crippen LogP contribution < -0.4 is 9.64 Å². The second kappa shape index (κ2) is 7.00. The second-order valence-electron chi connectivity index (χ2n) is 6.45. The van der Waals surface area contributed by atoms with Crippen LogP contribution in [0.25, 0.3) is 21.1 Å². The Kier molecular flexibility index (Phi) is 4.54. The van der Waals surface area contributed by atoms with Gasteiger partial charge in [-0.15, -0.1) is 11.3 Å². The van der Waals surface area contributed by atoms with Crippen LogP contribution in [0.4, 0.5) is 5.69 Å². The summed E-state index contributed by atoms with van der Waals surface area (Å²) < 4.78 is 5.66. The number of anilines is 1. The number of amides is 1. The van der Waals surface area contributed by atoms with Crippen LogP contribution in [0, 0.1) is 6.92 Å². The van der Waals surface area contributed by atoms with E-state index in [0.717, 1.165) is 26.8 Å². The Bertz CT molecular complexity index is 1150. The first-order valence-corrected chi connectivity index (χ1v) is 9.69. The molecule has 0 aliphatic rings. The molecule has 0 spiro atoms. The maximum atomic E-state index is 13.1. The Hall–Kier alpha value is -2.92. The third-order valence-electron chi connectivity index (χ3n) is 4.50. The standard InChI is InChI=1S/C22H20N2O2S/c1-4-26-19-8-6-5-7-18(19)24(3)22(25)20-13-16-12-15-10-9-14(2)11-17(15)23-21(16)27-20/h5-13H,4H2,1-3H3. The van der Waals surface area contributed by atoms with E-state index in [0.29, 0.717) is 17.2 Å². The van der Waals surface area contributed by atoms with Gasteiger partial charge in [0.25, 0.3) is 5.91 Å². The smallest absolute Gasteiger partial charge is 0.268 e. The van der Waals surface area contributed by atoms with Crippen LogP contribution in [0.2, 0.25) is 0 Å². The highest BCUT2D eigenvalue weighted by Crippen LogP contribution is 2.32. The van der Waals surface area contributed by atoms with Gasteiger partial charge in [-0.05, 0) is 49.7 Å². The molecule has 2 aromatic carbocycles. The lowest BCUT2D eigenvalue weighted by Crippen LogP contribution is -2.25. The summed E-state index contributed by atoms with van der Waals surface area (Å²) in [6, 6.07) is 17.8. The van der Waals surface area contributed by atoms with Gasteiger partial charge in [-0.25, -0.2) is 4.98 Å². The number of fused-ring (bicyclic) bond motifs is 2. The van der Waals surface area contributed by atoms with Gasteiger partial charge in [0.15, 0.2) is 0 Å². The molecule has 0 N–H and O–H groups in total. The van der Waals surface area contributed by atoms with Crippen LogP contribution in [0.3, 0.4) is 0 Å². The molecule has 0 radical (unpaired) electrons. The second-order valence-corrected chi connectivity index (χ2v) is 7.49. The van der Waals surface area contributed by atoms with Crippen molar-refractivity contribution in [3.05, 3.63) is 65.0 Å². The van der Waals surface area contributed by atoms with Crippen molar-refractivity contribution in [1.29, 1.82) is 0 Å². The fourth-order valence-corrected chi connectivity index (χ4v) is 4.13. The highest BCUT2D eigenvalue weighted by atomic mass is 32.1. The molecule has 5 heteroatoms. The summed E-state index contributed by atoms with van der Waals surface area (Å²) in [5, 5.41) is 2.08. The molecule has 0 bridgehead atoms. The number of hydrogen-bond donors (Lipinski definition) is 0. The Balaban J connectivity index is 1.73. The largest absolute Gasteiger partial charge is 0.492 e. The number of rotatable bonds is 4. The van der Waals surface area contributed by atoms with Crippen LogP contribution >= 0.6 is 11.3 Å². The zero-order chi connectivity index (χ0) is 19.0. The molecule has 4 rings (SSSR count). The van der Waals surface area contributed by atoms with Gasteiger partial charge < -0.3 is 9.64 Å². The molecule has 2 aromatic heterocycles. The highest BCUT2D eigenvalue weighted by molar-refractivity contribution is 7.20. The van der Waals surface area contributed by atoms with Gasteiger partial charge in [0.05, 0.1) is 22.7 Å². The number of pyridine rings is 1. The summed E-state index contributed by atoms with van der Waals surface area (Å²) in [7, 11) is 1.78. The number of carbonyl (C=O) groups excluding carboxylic acids is 1. The number of carbonyl (C=O) groups is 1. The van der Waals surface area contributed by atoms with Gasteiger partial charge >= 0.3 is 0 Å². The zero-order valence-electron chi connectivity index (χ0n) is 15.5. The molecule has 0 aliphatic heterocycles. The predicted molar refractivity (Wildman–Crippen MR) is 112 cm³/mol. The van der Waals surface area contributed by atoms with Crippen LogP contribution in [0.1, 0.15) is 22.2 Å². The molecular weight excluding hydrogens is 356 g/mol. The zero-order valence-corrected chi connectivity index (χ0v) is 16.3. The van der Waals surface area contributed by atoms with E-state index in [1.54, 1.807) is 11.9 Å². The number of hydrogen-bond acceptors (Lipinski definition) is 4. The van der Waals surface area contributed by atoms with Gasteiger partial charge in [0.2, 0.25) is 0 Å². The Morgan fingerprint density at radius 3 is 2.74 bits per heavy atom. The number of ether oxygens (including phenoxy) is 1. The van der Waals surface area contributed by atoms with Gasteiger partial charge in [-0.1, -0.05) is 24.3 Å². The molecule has 0 saturated heterocycles. The number of nitrogens with zero attached hydrogens (tertiary/aromatic N) is 2. The summed E-state index contributed by atoms with van der Waals surface area (Å²) >= 11 is 1.43. The van der Waals surface area contributed by atoms with Crippen molar-refractivity contribution >= 4 is 44.1 Å². The molecule has 0 unspecified atom stereocenters. The molecule has 27 heavy (non-hydrogen) atoms. The monoisotopic (exact) mass is 376 g/mol. The van der Waals surface area contributed by atoms with Crippen molar-refractivity contribution in [2.45, 2.75) is 13.8 Å². The summed E-state index contributed by atoms with van der Waals surface area (Å²) in [5.74, 6) is 0.640. The van der Waals surface area contributed by atoms with Gasteiger partial charge in [-0.3, -0.25) is 4.79 Å². The van der Waals surface area contributed by atoms with E-state index in [-0.39, 0.29) is 5.91 Å². The SMILES string of the molecule is CCOc1ccccc1N(C)C(=O)c1cc2cc3ccc(C)cc3nc2s1. The fourth-order valence-electron chi connectivity index (χ4n) is 3.13. The highest BCUT2D eigenvalue weighted by Gasteiger charge is 2.19. The Labute approximate surface area is 162 Å². The molecule has 0 atom stereocenters. The summed E-state index contributed by atoms with van der Waals surface area (Å²) in [4.78, 5) is 21.0. The quantitative estimate of drug-likeness (QED) is 0.477. The van der Waals surface area contributed by atoms with Crippen LogP contribution in [0.5, 0.6) is 5.75 Å². The van der Waals surface area contributed by atoms with Crippen LogP contribution in [-0.2, 0) is 0 Å². The molecule has 0 fully saturated rings. The van der Waals surface area contributed by atoms with E-state index < -0.39 is 0 Å². The minimum atomic E-state index is -0.0645. The average molecular weight is 376 g/mol. The minimum absolute atomic E-state index is 0.0645. The maximum Gasteiger partial charge on any atom is 0.268 e. The molecule has 4 nitrogen and oxygen atoms in total. The van der Waals surface area contributed by atoms with Gasteiger partial charge in [-0.2, -0.15) is 0 Å². The van der Waals surface area contributed by atoms with E-state index in [4.69, 9.17) is 9.72 Å². The van der Waals surface area contributed by atoms with Gasteiger partial charge in [0.1, 0.15) is 10.6 Å². The molecule has 4 aromatic rings. The summed E-state index contributed by atoms with van der Waals surface area (Å²) in [6.45, 7) is 4.54. The topological polar surface area (TPSA) is 42.4 Å². The molecule has 2 heterocycles. The number of aromatic nitrogens is 1. The molecule has 0 saturated carbocycles. The first kappa shape index (κ1) is 17.5. The molecular formula is C22H20N2O2S. The Morgan fingerprint density at radius 1 is 1.11 bits per heavy atom. The lowest BCUT2D eigenvalue weighted by atomic mass is 10.1. The lowest BCUT2D eigenvalue weighted by molar-refractivity contribution is 0.0996.